The lowest BCUT2D eigenvalue weighted by molar-refractivity contribution is -0.139. The van der Waals surface area contributed by atoms with Gasteiger partial charge in [0.05, 0.1) is 0 Å². The molecule has 0 bridgehead atoms. The molecule has 104 valence electrons. The van der Waals surface area contributed by atoms with E-state index in [2.05, 4.69) is 10.6 Å². The molecule has 0 aliphatic rings. The van der Waals surface area contributed by atoms with E-state index in [1.54, 1.807) is 29.6 Å². The molecule has 0 aliphatic heterocycles. The lowest BCUT2D eigenvalue weighted by atomic mass is 10.2. The van der Waals surface area contributed by atoms with Crippen LogP contribution in [-0.2, 0) is 4.79 Å². The van der Waals surface area contributed by atoms with Gasteiger partial charge in [0.1, 0.15) is 0 Å². The Morgan fingerprint density at radius 2 is 1.95 bits per heavy atom. The third-order valence-electron chi connectivity index (χ3n) is 2.74. The van der Waals surface area contributed by atoms with Gasteiger partial charge in [-0.1, -0.05) is 24.3 Å². The van der Waals surface area contributed by atoms with Crippen molar-refractivity contribution in [1.29, 1.82) is 0 Å². The monoisotopic (exact) mass is 290 g/mol. The molecule has 2 amide bonds. The van der Waals surface area contributed by atoms with Gasteiger partial charge in [-0.3, -0.25) is 0 Å². The average molecular weight is 290 g/mol. The molecule has 2 aromatic rings. The number of hydrogen-bond acceptors (Lipinski definition) is 3. The van der Waals surface area contributed by atoms with Crippen LogP contribution >= 0.6 is 11.3 Å². The smallest absolute Gasteiger partial charge is 0.331 e. The largest absolute Gasteiger partial charge is 0.479 e. The Morgan fingerprint density at radius 3 is 2.55 bits per heavy atom. The third kappa shape index (κ3) is 3.36. The van der Waals surface area contributed by atoms with E-state index in [9.17, 15) is 14.7 Å². The number of aliphatic carboxylic acids is 1. The number of carboxylic acid groups (broad SMARTS) is 1. The molecule has 20 heavy (non-hydrogen) atoms. The number of rotatable bonds is 4. The van der Waals surface area contributed by atoms with Crippen molar-refractivity contribution in [2.45, 2.75) is 13.0 Å². The number of carbonyl (C=O) groups is 2. The molecule has 2 rings (SSSR count). The lowest BCUT2D eigenvalue weighted by Crippen LogP contribution is -2.36. The number of benzene rings is 1. The van der Waals surface area contributed by atoms with Crippen LogP contribution in [-0.4, -0.2) is 17.1 Å². The van der Waals surface area contributed by atoms with E-state index in [1.165, 1.54) is 11.3 Å². The van der Waals surface area contributed by atoms with Gasteiger partial charge >= 0.3 is 12.0 Å². The van der Waals surface area contributed by atoms with Gasteiger partial charge in [-0.05, 0) is 30.0 Å². The first-order valence-corrected chi connectivity index (χ1v) is 6.85. The highest BCUT2D eigenvalue weighted by atomic mass is 32.1. The first-order chi connectivity index (χ1) is 9.58. The molecule has 1 aromatic heterocycles. The molecule has 0 saturated carbocycles. The molecular formula is C14H14N2O3S. The van der Waals surface area contributed by atoms with E-state index >= 15 is 0 Å². The number of thiophene rings is 1. The van der Waals surface area contributed by atoms with Gasteiger partial charge in [0.15, 0.2) is 6.04 Å². The summed E-state index contributed by atoms with van der Waals surface area (Å²) in [6.07, 6.45) is 0. The highest BCUT2D eigenvalue weighted by molar-refractivity contribution is 7.10. The van der Waals surface area contributed by atoms with Gasteiger partial charge in [-0.25, -0.2) is 9.59 Å². The van der Waals surface area contributed by atoms with Gasteiger partial charge in [0.25, 0.3) is 0 Å². The standard InChI is InChI=1S/C14H14N2O3S/c1-9-5-2-3-6-10(9)15-14(19)16-12(13(17)18)11-7-4-8-20-11/h2-8,12H,1H3,(H,17,18)(H2,15,16,19). The Labute approximate surface area is 120 Å². The first kappa shape index (κ1) is 14.1. The fourth-order valence-electron chi connectivity index (χ4n) is 1.71. The maximum absolute atomic E-state index is 11.9. The number of para-hydroxylation sites is 1. The second kappa shape index (κ2) is 6.21. The van der Waals surface area contributed by atoms with Crippen molar-refractivity contribution < 1.29 is 14.7 Å². The summed E-state index contributed by atoms with van der Waals surface area (Å²) >= 11 is 1.29. The van der Waals surface area contributed by atoms with Crippen molar-refractivity contribution in [3.63, 3.8) is 0 Å². The van der Waals surface area contributed by atoms with E-state index in [0.29, 0.717) is 10.6 Å². The van der Waals surface area contributed by atoms with Crippen molar-refractivity contribution in [2.24, 2.45) is 0 Å². The van der Waals surface area contributed by atoms with Crippen LogP contribution in [0.5, 0.6) is 0 Å². The van der Waals surface area contributed by atoms with Gasteiger partial charge in [0, 0.05) is 10.6 Å². The normalized spacial score (nSPS) is 11.7. The van der Waals surface area contributed by atoms with Crippen molar-refractivity contribution in [3.8, 4) is 0 Å². The Hall–Kier alpha value is -2.34. The quantitative estimate of drug-likeness (QED) is 0.810. The van der Waals surface area contributed by atoms with E-state index < -0.39 is 18.0 Å². The van der Waals surface area contributed by atoms with Crippen LogP contribution in [0, 0.1) is 6.92 Å². The highest BCUT2D eigenvalue weighted by Gasteiger charge is 2.23. The predicted octanol–water partition coefficient (Wildman–Crippen LogP) is 3.00. The van der Waals surface area contributed by atoms with Gasteiger partial charge < -0.3 is 15.7 Å². The van der Waals surface area contributed by atoms with Crippen LogP contribution in [0.1, 0.15) is 16.5 Å². The second-order valence-electron chi connectivity index (χ2n) is 4.20. The summed E-state index contributed by atoms with van der Waals surface area (Å²) < 4.78 is 0. The number of carboxylic acids is 1. The second-order valence-corrected chi connectivity index (χ2v) is 5.18. The minimum atomic E-state index is -1.09. The molecular weight excluding hydrogens is 276 g/mol. The highest BCUT2D eigenvalue weighted by Crippen LogP contribution is 2.20. The van der Waals surface area contributed by atoms with Crippen LogP contribution in [0.2, 0.25) is 0 Å². The topological polar surface area (TPSA) is 78.4 Å². The zero-order chi connectivity index (χ0) is 14.5. The summed E-state index contributed by atoms with van der Waals surface area (Å²) in [5.41, 5.74) is 1.56. The molecule has 0 saturated heterocycles. The Balaban J connectivity index is 2.06. The summed E-state index contributed by atoms with van der Waals surface area (Å²) in [4.78, 5) is 23.7. The van der Waals surface area contributed by atoms with Crippen molar-refractivity contribution in [3.05, 3.63) is 52.2 Å². The predicted molar refractivity (Wildman–Crippen MR) is 78.0 cm³/mol. The number of aryl methyl sites for hydroxylation is 1. The average Bonchev–Trinajstić information content (AvgIpc) is 2.92. The van der Waals surface area contributed by atoms with Crippen LogP contribution in [0.4, 0.5) is 10.5 Å². The van der Waals surface area contributed by atoms with Gasteiger partial charge in [0.2, 0.25) is 0 Å². The Bertz CT molecular complexity index is 611. The van der Waals surface area contributed by atoms with E-state index in [0.717, 1.165) is 5.56 Å². The molecule has 1 unspecified atom stereocenters. The van der Waals surface area contributed by atoms with E-state index in [-0.39, 0.29) is 0 Å². The molecule has 1 heterocycles. The van der Waals surface area contributed by atoms with Crippen molar-refractivity contribution in [2.75, 3.05) is 5.32 Å². The molecule has 6 heteroatoms. The lowest BCUT2D eigenvalue weighted by Gasteiger charge is -2.14. The molecule has 0 radical (unpaired) electrons. The zero-order valence-corrected chi connectivity index (χ0v) is 11.6. The molecule has 5 nitrogen and oxygen atoms in total. The molecule has 3 N–H and O–H groups in total. The summed E-state index contributed by atoms with van der Waals surface area (Å²) in [6.45, 7) is 1.86. The summed E-state index contributed by atoms with van der Waals surface area (Å²) in [6, 6.07) is 9.13. The van der Waals surface area contributed by atoms with Crippen LogP contribution in [0.3, 0.4) is 0 Å². The zero-order valence-electron chi connectivity index (χ0n) is 10.8. The molecule has 1 atom stereocenters. The summed E-state index contributed by atoms with van der Waals surface area (Å²) in [5.74, 6) is -1.09. The number of hydrogen-bond donors (Lipinski definition) is 3. The summed E-state index contributed by atoms with van der Waals surface area (Å²) in [7, 11) is 0. The fourth-order valence-corrected chi connectivity index (χ4v) is 2.48. The fraction of sp³-hybridized carbons (Fsp3) is 0.143. The molecule has 1 aromatic carbocycles. The Kier molecular flexibility index (Phi) is 4.37. The maximum Gasteiger partial charge on any atom is 0.331 e. The number of carbonyl (C=O) groups excluding carboxylic acids is 1. The SMILES string of the molecule is Cc1ccccc1NC(=O)NC(C(=O)O)c1cccs1. The number of nitrogens with one attached hydrogen (secondary N) is 2. The maximum atomic E-state index is 11.9. The van der Waals surface area contributed by atoms with Crippen LogP contribution in [0.15, 0.2) is 41.8 Å². The van der Waals surface area contributed by atoms with Crippen LogP contribution in [0.25, 0.3) is 0 Å². The molecule has 0 aliphatic carbocycles. The van der Waals surface area contributed by atoms with Crippen molar-refractivity contribution in [1.82, 2.24) is 5.32 Å². The summed E-state index contributed by atoms with van der Waals surface area (Å²) in [5, 5.41) is 16.1. The van der Waals surface area contributed by atoms with Gasteiger partial charge in [-0.2, -0.15) is 0 Å². The molecule has 0 spiro atoms. The minimum absolute atomic E-state index is 0.542. The van der Waals surface area contributed by atoms with Crippen LogP contribution < -0.4 is 10.6 Å². The number of anilines is 1. The minimum Gasteiger partial charge on any atom is -0.479 e. The first-order valence-electron chi connectivity index (χ1n) is 5.97. The van der Waals surface area contributed by atoms with E-state index in [4.69, 9.17) is 0 Å². The molecule has 0 fully saturated rings. The number of urea groups is 1. The number of amides is 2. The third-order valence-corrected chi connectivity index (χ3v) is 3.68. The van der Waals surface area contributed by atoms with E-state index in [1.807, 2.05) is 19.1 Å². The van der Waals surface area contributed by atoms with Gasteiger partial charge in [-0.15, -0.1) is 11.3 Å². The Morgan fingerprint density at radius 1 is 1.20 bits per heavy atom. The van der Waals surface area contributed by atoms with Crippen molar-refractivity contribution >= 4 is 29.0 Å².